The number of nitro groups is 1. The molecule has 0 aliphatic heterocycles. The van der Waals surface area contributed by atoms with Gasteiger partial charge in [0.05, 0.1) is 15.5 Å². The first-order valence-corrected chi connectivity index (χ1v) is 10.9. The van der Waals surface area contributed by atoms with Crippen molar-refractivity contribution in [2.75, 3.05) is 28.2 Å². The lowest BCUT2D eigenvalue weighted by Crippen LogP contribution is -2.33. The van der Waals surface area contributed by atoms with E-state index in [4.69, 9.17) is 5.73 Å². The van der Waals surface area contributed by atoms with E-state index in [2.05, 4.69) is 15.9 Å². The minimum atomic E-state index is -3.88. The summed E-state index contributed by atoms with van der Waals surface area (Å²) < 4.78 is 27.3. The topological polar surface area (TPSA) is 107 Å². The SMILES string of the molecule is CSc1cc(N)c([N+](=O)[O-])cc1N(CCBr)S(=O)(=O)c1ccccc1. The third kappa shape index (κ3) is 4.07. The Labute approximate surface area is 158 Å². The number of nitrogen functional groups attached to an aromatic ring is 1. The molecule has 7 nitrogen and oxygen atoms in total. The first kappa shape index (κ1) is 19.5. The van der Waals surface area contributed by atoms with Gasteiger partial charge in [0.25, 0.3) is 15.7 Å². The molecule has 0 fully saturated rings. The summed E-state index contributed by atoms with van der Waals surface area (Å²) in [4.78, 5) is 11.3. The van der Waals surface area contributed by atoms with E-state index >= 15 is 0 Å². The number of halogens is 1. The van der Waals surface area contributed by atoms with E-state index in [1.165, 1.54) is 36.0 Å². The highest BCUT2D eigenvalue weighted by Crippen LogP contribution is 2.38. The normalized spacial score (nSPS) is 11.3. The number of thioether (sulfide) groups is 1. The fraction of sp³-hybridized carbons (Fsp3) is 0.200. The molecule has 0 aliphatic carbocycles. The molecule has 2 aromatic rings. The predicted molar refractivity (Wildman–Crippen MR) is 104 cm³/mol. The van der Waals surface area contributed by atoms with Crippen molar-refractivity contribution in [3.05, 3.63) is 52.6 Å². The number of anilines is 2. The summed E-state index contributed by atoms with van der Waals surface area (Å²) >= 11 is 4.52. The van der Waals surface area contributed by atoms with E-state index in [1.807, 2.05) is 0 Å². The molecule has 0 aromatic heterocycles. The number of sulfonamides is 1. The van der Waals surface area contributed by atoms with Crippen molar-refractivity contribution in [2.45, 2.75) is 9.79 Å². The molecule has 0 saturated carbocycles. The van der Waals surface area contributed by atoms with Crippen LogP contribution in [0.5, 0.6) is 0 Å². The zero-order valence-corrected chi connectivity index (χ0v) is 16.5. The van der Waals surface area contributed by atoms with Crippen molar-refractivity contribution < 1.29 is 13.3 Å². The Morgan fingerprint density at radius 1 is 1.28 bits per heavy atom. The van der Waals surface area contributed by atoms with Crippen LogP contribution >= 0.6 is 27.7 Å². The molecule has 2 rings (SSSR count). The van der Waals surface area contributed by atoms with Crippen LogP contribution < -0.4 is 10.0 Å². The average Bonchev–Trinajstić information content (AvgIpc) is 2.60. The molecule has 0 atom stereocenters. The molecule has 25 heavy (non-hydrogen) atoms. The average molecular weight is 446 g/mol. The van der Waals surface area contributed by atoms with Gasteiger partial charge in [-0.25, -0.2) is 8.42 Å². The third-order valence-corrected chi connectivity index (χ3v) is 6.36. The molecular weight excluding hydrogens is 430 g/mol. The van der Waals surface area contributed by atoms with E-state index < -0.39 is 14.9 Å². The van der Waals surface area contributed by atoms with E-state index in [-0.39, 0.29) is 28.5 Å². The maximum absolute atomic E-state index is 13.1. The van der Waals surface area contributed by atoms with Crippen LogP contribution in [0.1, 0.15) is 0 Å². The van der Waals surface area contributed by atoms with Crippen molar-refractivity contribution in [2.24, 2.45) is 0 Å². The Bertz CT molecular complexity index is 876. The van der Waals surface area contributed by atoms with Crippen LogP contribution in [0, 0.1) is 10.1 Å². The van der Waals surface area contributed by atoms with Crippen LogP contribution in [-0.2, 0) is 10.0 Å². The molecule has 0 radical (unpaired) electrons. The van der Waals surface area contributed by atoms with Gasteiger partial charge in [-0.2, -0.15) is 0 Å². The van der Waals surface area contributed by atoms with Gasteiger partial charge in [0.1, 0.15) is 5.69 Å². The number of nitrogens with two attached hydrogens (primary N) is 1. The van der Waals surface area contributed by atoms with Gasteiger partial charge in [-0.15, -0.1) is 11.8 Å². The largest absolute Gasteiger partial charge is 0.393 e. The lowest BCUT2D eigenvalue weighted by molar-refractivity contribution is -0.383. The number of hydrogen-bond acceptors (Lipinski definition) is 6. The van der Waals surface area contributed by atoms with E-state index in [0.717, 1.165) is 4.31 Å². The number of benzene rings is 2. The molecule has 134 valence electrons. The third-order valence-electron chi connectivity index (χ3n) is 3.41. The minimum Gasteiger partial charge on any atom is -0.393 e. The molecule has 0 saturated heterocycles. The summed E-state index contributed by atoms with van der Waals surface area (Å²) in [6.45, 7) is 0.117. The second kappa shape index (κ2) is 8.07. The number of nitro benzene ring substituents is 1. The van der Waals surface area contributed by atoms with Crippen LogP contribution in [0.4, 0.5) is 17.1 Å². The van der Waals surface area contributed by atoms with E-state index in [1.54, 1.807) is 24.5 Å². The van der Waals surface area contributed by atoms with Crippen molar-refractivity contribution in [1.29, 1.82) is 0 Å². The summed E-state index contributed by atoms with van der Waals surface area (Å²) in [7, 11) is -3.88. The van der Waals surface area contributed by atoms with Crippen LogP contribution in [0.3, 0.4) is 0 Å². The second-order valence-corrected chi connectivity index (χ2v) is 8.42. The molecular formula is C15H16BrN3O4S2. The Hall–Kier alpha value is -1.78. The lowest BCUT2D eigenvalue weighted by Gasteiger charge is -2.25. The lowest BCUT2D eigenvalue weighted by atomic mass is 10.2. The van der Waals surface area contributed by atoms with Crippen LogP contribution in [0.25, 0.3) is 0 Å². The summed E-state index contributed by atoms with van der Waals surface area (Å²) in [5.41, 5.74) is 5.63. The van der Waals surface area contributed by atoms with Crippen LogP contribution in [-0.4, -0.2) is 31.5 Å². The van der Waals surface area contributed by atoms with Crippen LogP contribution in [0.2, 0.25) is 0 Å². The van der Waals surface area contributed by atoms with Crippen molar-refractivity contribution >= 4 is 54.8 Å². The monoisotopic (exact) mass is 445 g/mol. The first-order valence-electron chi connectivity index (χ1n) is 7.08. The summed E-state index contributed by atoms with van der Waals surface area (Å²) in [6, 6.07) is 10.6. The molecule has 0 unspecified atom stereocenters. The highest BCUT2D eigenvalue weighted by Gasteiger charge is 2.28. The van der Waals surface area contributed by atoms with Gasteiger partial charge >= 0.3 is 0 Å². The zero-order valence-electron chi connectivity index (χ0n) is 13.3. The summed E-state index contributed by atoms with van der Waals surface area (Å²) in [6.07, 6.45) is 1.76. The van der Waals surface area contributed by atoms with Crippen molar-refractivity contribution in [1.82, 2.24) is 0 Å². The van der Waals surface area contributed by atoms with Crippen molar-refractivity contribution in [3.63, 3.8) is 0 Å². The van der Waals surface area contributed by atoms with Gasteiger partial charge in [0.2, 0.25) is 0 Å². The molecule has 2 aromatic carbocycles. The van der Waals surface area contributed by atoms with E-state index in [0.29, 0.717) is 10.2 Å². The molecule has 0 spiro atoms. The molecule has 0 bridgehead atoms. The summed E-state index contributed by atoms with van der Waals surface area (Å²) in [5.74, 6) is 0. The van der Waals surface area contributed by atoms with Gasteiger partial charge in [-0.1, -0.05) is 34.1 Å². The number of nitrogens with zero attached hydrogens (tertiary/aromatic N) is 2. The Morgan fingerprint density at radius 2 is 1.92 bits per heavy atom. The van der Waals surface area contributed by atoms with Gasteiger partial charge in [-0.05, 0) is 24.5 Å². The fourth-order valence-electron chi connectivity index (χ4n) is 2.26. The molecule has 0 amide bonds. The van der Waals surface area contributed by atoms with E-state index in [9.17, 15) is 18.5 Å². The second-order valence-electron chi connectivity index (χ2n) is 4.92. The molecule has 0 aliphatic rings. The minimum absolute atomic E-state index is 0.00555. The highest BCUT2D eigenvalue weighted by molar-refractivity contribution is 9.09. The maximum Gasteiger partial charge on any atom is 0.294 e. The predicted octanol–water partition coefficient (Wildman–Crippen LogP) is 3.49. The molecule has 10 heteroatoms. The Balaban J connectivity index is 2.69. The zero-order chi connectivity index (χ0) is 18.6. The van der Waals surface area contributed by atoms with Crippen LogP contribution in [0.15, 0.2) is 52.3 Å². The standard InChI is InChI=1S/C15H16BrN3O4S2/c1-24-15-9-12(17)13(19(20)21)10-14(15)18(8-7-16)25(22,23)11-5-3-2-4-6-11/h2-6,9-10H,7-8,17H2,1H3. The fourth-order valence-corrected chi connectivity index (χ4v) is 5.02. The number of alkyl halides is 1. The highest BCUT2D eigenvalue weighted by atomic mass is 79.9. The van der Waals surface area contributed by atoms with Gasteiger partial charge in [-0.3, -0.25) is 14.4 Å². The van der Waals surface area contributed by atoms with Gasteiger partial charge in [0.15, 0.2) is 0 Å². The Kier molecular flexibility index (Phi) is 6.31. The molecule has 0 heterocycles. The number of rotatable bonds is 7. The maximum atomic E-state index is 13.1. The van der Waals surface area contributed by atoms with Gasteiger partial charge < -0.3 is 5.73 Å². The van der Waals surface area contributed by atoms with Crippen molar-refractivity contribution in [3.8, 4) is 0 Å². The quantitative estimate of drug-likeness (QED) is 0.229. The summed E-state index contributed by atoms with van der Waals surface area (Å²) in [5, 5.41) is 11.6. The molecule has 2 N–H and O–H groups in total. The smallest absolute Gasteiger partial charge is 0.294 e. The Morgan fingerprint density at radius 3 is 2.44 bits per heavy atom. The van der Waals surface area contributed by atoms with Gasteiger partial charge in [0, 0.05) is 22.8 Å². The first-order chi connectivity index (χ1) is 11.8. The number of hydrogen-bond donors (Lipinski definition) is 1.